The van der Waals surface area contributed by atoms with Crippen LogP contribution >= 0.6 is 15.9 Å². The van der Waals surface area contributed by atoms with Crippen LogP contribution in [-0.2, 0) is 0 Å². The van der Waals surface area contributed by atoms with E-state index in [4.69, 9.17) is 0 Å². The maximum Gasteiger partial charge on any atom is 0.0386 e. The lowest BCUT2D eigenvalue weighted by atomic mass is 9.94. The van der Waals surface area contributed by atoms with Crippen LogP contribution in [-0.4, -0.2) is 31.6 Å². The molecule has 0 spiro atoms. The third-order valence-corrected chi connectivity index (χ3v) is 4.11. The molecule has 0 amide bonds. The van der Waals surface area contributed by atoms with Crippen LogP contribution in [0.4, 0.5) is 0 Å². The Morgan fingerprint density at radius 1 is 1.47 bits per heavy atom. The molecule has 94 valence electrons. The van der Waals surface area contributed by atoms with Crippen LogP contribution in [0.2, 0.25) is 0 Å². The van der Waals surface area contributed by atoms with Crippen LogP contribution in [0, 0.1) is 5.92 Å². The molecule has 1 fully saturated rings. The van der Waals surface area contributed by atoms with Gasteiger partial charge >= 0.3 is 0 Å². The Kier molecular flexibility index (Phi) is 4.60. The first kappa shape index (κ1) is 13.1. The quantitative estimate of drug-likeness (QED) is 0.919. The van der Waals surface area contributed by atoms with Crippen molar-refractivity contribution in [3.63, 3.8) is 0 Å². The van der Waals surface area contributed by atoms with Crippen molar-refractivity contribution >= 4 is 15.9 Å². The number of likely N-dealkylation sites (tertiary alicyclic amines) is 1. The highest BCUT2D eigenvalue weighted by molar-refractivity contribution is 9.10. The maximum atomic E-state index is 3.57. The molecule has 0 aromatic heterocycles. The Morgan fingerprint density at radius 3 is 3.00 bits per heavy atom. The normalized spacial score (nSPS) is 25.4. The second-order valence-corrected chi connectivity index (χ2v) is 5.75. The fourth-order valence-corrected chi connectivity index (χ4v) is 3.20. The summed E-state index contributed by atoms with van der Waals surface area (Å²) in [6.07, 6.45) is 1.29. The maximum absolute atomic E-state index is 3.57. The van der Waals surface area contributed by atoms with Gasteiger partial charge in [-0.2, -0.15) is 0 Å². The van der Waals surface area contributed by atoms with Crippen molar-refractivity contribution in [2.45, 2.75) is 19.4 Å². The van der Waals surface area contributed by atoms with Gasteiger partial charge in [0.1, 0.15) is 0 Å². The third kappa shape index (κ3) is 3.09. The highest BCUT2D eigenvalue weighted by Gasteiger charge is 2.32. The summed E-state index contributed by atoms with van der Waals surface area (Å²) in [4.78, 5) is 2.48. The molecule has 0 aliphatic carbocycles. The molecule has 2 nitrogen and oxygen atoms in total. The van der Waals surface area contributed by atoms with Gasteiger partial charge in [0.05, 0.1) is 0 Å². The molecule has 1 saturated heterocycles. The van der Waals surface area contributed by atoms with E-state index in [0.29, 0.717) is 6.04 Å². The van der Waals surface area contributed by atoms with E-state index >= 15 is 0 Å². The van der Waals surface area contributed by atoms with Crippen molar-refractivity contribution in [3.8, 4) is 0 Å². The van der Waals surface area contributed by atoms with Gasteiger partial charge in [-0.3, -0.25) is 4.90 Å². The molecule has 2 atom stereocenters. The average molecular weight is 297 g/mol. The summed E-state index contributed by atoms with van der Waals surface area (Å²) < 4.78 is 1.18. The Bertz CT molecular complexity index is 367. The lowest BCUT2D eigenvalue weighted by molar-refractivity contribution is 0.273. The first-order chi connectivity index (χ1) is 8.22. The van der Waals surface area contributed by atoms with E-state index in [9.17, 15) is 0 Å². The van der Waals surface area contributed by atoms with Crippen molar-refractivity contribution in [2.75, 3.05) is 26.7 Å². The van der Waals surface area contributed by atoms with Crippen LogP contribution in [0.3, 0.4) is 0 Å². The van der Waals surface area contributed by atoms with Crippen LogP contribution < -0.4 is 5.32 Å². The predicted octanol–water partition coefficient (Wildman–Crippen LogP) is 3.05. The molecule has 17 heavy (non-hydrogen) atoms. The van der Waals surface area contributed by atoms with Crippen LogP contribution in [0.5, 0.6) is 0 Å². The molecular weight excluding hydrogens is 276 g/mol. The van der Waals surface area contributed by atoms with Gasteiger partial charge < -0.3 is 5.32 Å². The molecule has 0 radical (unpaired) electrons. The summed E-state index contributed by atoms with van der Waals surface area (Å²) in [7, 11) is 2.23. The van der Waals surface area contributed by atoms with Crippen molar-refractivity contribution in [2.24, 2.45) is 5.92 Å². The topological polar surface area (TPSA) is 15.3 Å². The van der Waals surface area contributed by atoms with Crippen molar-refractivity contribution in [1.29, 1.82) is 0 Å². The number of nitrogens with zero attached hydrogens (tertiary/aromatic N) is 1. The van der Waals surface area contributed by atoms with Gasteiger partial charge in [0.15, 0.2) is 0 Å². The van der Waals surface area contributed by atoms with E-state index in [-0.39, 0.29) is 0 Å². The minimum atomic E-state index is 0.562. The van der Waals surface area contributed by atoms with Gasteiger partial charge in [-0.25, -0.2) is 0 Å². The first-order valence-corrected chi connectivity index (χ1v) is 7.18. The minimum Gasteiger partial charge on any atom is -0.317 e. The summed E-state index contributed by atoms with van der Waals surface area (Å²) in [6, 6.07) is 9.29. The van der Waals surface area contributed by atoms with E-state index in [0.717, 1.165) is 19.0 Å². The molecular formula is C14H21BrN2. The summed E-state index contributed by atoms with van der Waals surface area (Å²) in [6.45, 7) is 5.56. The summed E-state index contributed by atoms with van der Waals surface area (Å²) in [5.74, 6) is 0.731. The molecule has 1 N–H and O–H groups in total. The van der Waals surface area contributed by atoms with E-state index in [2.05, 4.69) is 64.4 Å². The molecule has 2 rings (SSSR count). The van der Waals surface area contributed by atoms with Gasteiger partial charge in [0.2, 0.25) is 0 Å². The van der Waals surface area contributed by atoms with Gasteiger partial charge in [-0.05, 0) is 56.7 Å². The number of benzene rings is 1. The number of nitrogens with one attached hydrogen (secondary N) is 1. The van der Waals surface area contributed by atoms with Crippen LogP contribution in [0.25, 0.3) is 0 Å². The van der Waals surface area contributed by atoms with Crippen LogP contribution in [0.1, 0.15) is 24.9 Å². The monoisotopic (exact) mass is 296 g/mol. The molecule has 1 aliphatic heterocycles. The van der Waals surface area contributed by atoms with Gasteiger partial charge in [0.25, 0.3) is 0 Å². The molecule has 1 aromatic rings. The Morgan fingerprint density at radius 2 is 2.29 bits per heavy atom. The average Bonchev–Trinajstić information content (AvgIpc) is 2.68. The fourth-order valence-electron chi connectivity index (χ4n) is 2.79. The number of hydrogen-bond acceptors (Lipinski definition) is 2. The molecule has 0 saturated carbocycles. The zero-order chi connectivity index (χ0) is 12.3. The standard InChI is InChI=1S/C14H21BrN2/c1-3-16-10-12-7-8-17(2)14(12)11-5-4-6-13(15)9-11/h4-6,9,12,14,16H,3,7-8,10H2,1-2H3. The van der Waals surface area contributed by atoms with Gasteiger partial charge in [0, 0.05) is 10.5 Å². The van der Waals surface area contributed by atoms with Gasteiger partial charge in [-0.1, -0.05) is 35.0 Å². The summed E-state index contributed by atoms with van der Waals surface area (Å²) in [5.41, 5.74) is 1.43. The third-order valence-electron chi connectivity index (χ3n) is 3.62. The largest absolute Gasteiger partial charge is 0.317 e. The Labute approximate surface area is 113 Å². The molecule has 1 aromatic carbocycles. The Balaban J connectivity index is 2.15. The van der Waals surface area contributed by atoms with E-state index in [1.54, 1.807) is 0 Å². The molecule has 1 heterocycles. The molecule has 2 unspecified atom stereocenters. The second-order valence-electron chi connectivity index (χ2n) is 4.84. The smallest absolute Gasteiger partial charge is 0.0386 e. The van der Waals surface area contributed by atoms with Crippen molar-refractivity contribution < 1.29 is 0 Å². The summed E-state index contributed by atoms with van der Waals surface area (Å²) >= 11 is 3.57. The lowest BCUT2D eigenvalue weighted by Gasteiger charge is -2.26. The van der Waals surface area contributed by atoms with E-state index in [1.807, 2.05) is 0 Å². The SMILES string of the molecule is CCNCC1CCN(C)C1c1cccc(Br)c1. The second kappa shape index (κ2) is 5.98. The first-order valence-electron chi connectivity index (χ1n) is 6.38. The zero-order valence-electron chi connectivity index (χ0n) is 10.6. The van der Waals surface area contributed by atoms with Crippen molar-refractivity contribution in [3.05, 3.63) is 34.3 Å². The Hall–Kier alpha value is -0.380. The summed E-state index contributed by atoms with van der Waals surface area (Å²) in [5, 5.41) is 3.49. The fraction of sp³-hybridized carbons (Fsp3) is 0.571. The number of hydrogen-bond donors (Lipinski definition) is 1. The van der Waals surface area contributed by atoms with Gasteiger partial charge in [-0.15, -0.1) is 0 Å². The molecule has 0 bridgehead atoms. The van der Waals surface area contributed by atoms with Crippen LogP contribution in [0.15, 0.2) is 28.7 Å². The highest BCUT2D eigenvalue weighted by Crippen LogP contribution is 2.36. The highest BCUT2D eigenvalue weighted by atomic mass is 79.9. The minimum absolute atomic E-state index is 0.562. The van der Waals surface area contributed by atoms with Crippen molar-refractivity contribution in [1.82, 2.24) is 10.2 Å². The molecule has 1 aliphatic rings. The molecule has 3 heteroatoms. The number of halogens is 1. The van der Waals surface area contributed by atoms with E-state index < -0.39 is 0 Å². The predicted molar refractivity (Wildman–Crippen MR) is 76.2 cm³/mol. The lowest BCUT2D eigenvalue weighted by Crippen LogP contribution is -2.28. The van der Waals surface area contributed by atoms with E-state index in [1.165, 1.54) is 23.0 Å². The number of rotatable bonds is 4. The zero-order valence-corrected chi connectivity index (χ0v) is 12.2.